The largest absolute Gasteiger partial charge is 0.367 e. The van der Waals surface area contributed by atoms with Gasteiger partial charge in [0.2, 0.25) is 0 Å². The summed E-state index contributed by atoms with van der Waals surface area (Å²) in [4.78, 5) is 3.67. The average molecular weight is 227 g/mol. The maximum atomic E-state index is 13.2. The Morgan fingerprint density at radius 2 is 2.25 bits per heavy atom. The first kappa shape index (κ1) is 11.3. The molecule has 0 bridgehead atoms. The lowest BCUT2D eigenvalue weighted by atomic mass is 10.1. The summed E-state index contributed by atoms with van der Waals surface area (Å²) in [6.45, 7) is 0.642. The van der Waals surface area contributed by atoms with Gasteiger partial charge < -0.3 is 11.1 Å². The monoisotopic (exact) mass is 227 g/mol. The number of nitrogens with one attached hydrogen (secondary N) is 1. The zero-order valence-corrected chi connectivity index (χ0v) is 8.92. The number of hydrogen-bond donors (Lipinski definition) is 2. The van der Waals surface area contributed by atoms with Crippen molar-refractivity contribution in [1.29, 1.82) is 0 Å². The van der Waals surface area contributed by atoms with Crippen LogP contribution in [0.4, 0.5) is 14.6 Å². The second-order valence-corrected chi connectivity index (χ2v) is 4.30. The van der Waals surface area contributed by atoms with Crippen molar-refractivity contribution in [3.8, 4) is 0 Å². The zero-order valence-electron chi connectivity index (χ0n) is 8.92. The van der Waals surface area contributed by atoms with Crippen LogP contribution in [0.2, 0.25) is 0 Å². The molecule has 2 unspecified atom stereocenters. The Labute approximate surface area is 93.1 Å². The Morgan fingerprint density at radius 1 is 1.44 bits per heavy atom. The van der Waals surface area contributed by atoms with Crippen LogP contribution in [-0.4, -0.2) is 17.6 Å². The van der Waals surface area contributed by atoms with Crippen molar-refractivity contribution in [2.24, 2.45) is 11.7 Å². The molecule has 0 saturated heterocycles. The van der Waals surface area contributed by atoms with E-state index in [1.807, 2.05) is 0 Å². The van der Waals surface area contributed by atoms with Gasteiger partial charge in [-0.05, 0) is 25.2 Å². The molecule has 0 amide bonds. The fraction of sp³-hybridized carbons (Fsp3) is 0.545. The molecule has 0 aromatic carbocycles. The van der Waals surface area contributed by atoms with E-state index in [2.05, 4.69) is 10.3 Å². The second kappa shape index (κ2) is 4.74. The number of anilines is 1. The van der Waals surface area contributed by atoms with Crippen molar-refractivity contribution in [2.75, 3.05) is 11.9 Å². The third kappa shape index (κ3) is 2.66. The van der Waals surface area contributed by atoms with E-state index in [9.17, 15) is 8.78 Å². The molecule has 3 nitrogen and oxygen atoms in total. The van der Waals surface area contributed by atoms with Gasteiger partial charge in [0.25, 0.3) is 0 Å². The molecule has 88 valence electrons. The molecule has 0 aliphatic heterocycles. The summed E-state index contributed by atoms with van der Waals surface area (Å²) in [7, 11) is 0. The summed E-state index contributed by atoms with van der Waals surface area (Å²) >= 11 is 0. The highest BCUT2D eigenvalue weighted by Gasteiger charge is 2.21. The van der Waals surface area contributed by atoms with Gasteiger partial charge in [-0.25, -0.2) is 13.8 Å². The second-order valence-electron chi connectivity index (χ2n) is 4.30. The molecule has 2 rings (SSSR count). The molecule has 1 aromatic heterocycles. The van der Waals surface area contributed by atoms with Gasteiger partial charge in [-0.2, -0.15) is 0 Å². The molecule has 0 spiro atoms. The van der Waals surface area contributed by atoms with Crippen molar-refractivity contribution < 1.29 is 8.78 Å². The summed E-state index contributed by atoms with van der Waals surface area (Å²) in [5.41, 5.74) is 5.78. The van der Waals surface area contributed by atoms with Crippen LogP contribution in [-0.2, 0) is 0 Å². The fourth-order valence-electron chi connectivity index (χ4n) is 2.08. The lowest BCUT2D eigenvalue weighted by molar-refractivity contribution is 0.552. The van der Waals surface area contributed by atoms with Crippen molar-refractivity contribution in [3.05, 3.63) is 23.9 Å². The number of nitrogens with zero attached hydrogens (tertiary/aromatic N) is 1. The van der Waals surface area contributed by atoms with Crippen LogP contribution in [0.25, 0.3) is 0 Å². The molecule has 2 atom stereocenters. The summed E-state index contributed by atoms with van der Waals surface area (Å²) in [6.07, 6.45) is 4.03. The smallest absolute Gasteiger partial charge is 0.168 e. The maximum absolute atomic E-state index is 13.2. The Hall–Kier alpha value is -1.23. The SMILES string of the molecule is NC1CCC(CNc2ncc(F)cc2F)C1. The molecule has 16 heavy (non-hydrogen) atoms. The lowest BCUT2D eigenvalue weighted by Gasteiger charge is -2.11. The summed E-state index contributed by atoms with van der Waals surface area (Å²) in [6, 6.07) is 1.09. The van der Waals surface area contributed by atoms with Crippen LogP contribution in [0.15, 0.2) is 12.3 Å². The van der Waals surface area contributed by atoms with Gasteiger partial charge in [0.05, 0.1) is 6.20 Å². The molecule has 3 N–H and O–H groups in total. The molecule has 1 aliphatic rings. The van der Waals surface area contributed by atoms with Crippen molar-refractivity contribution in [2.45, 2.75) is 25.3 Å². The number of hydrogen-bond acceptors (Lipinski definition) is 3. The highest BCUT2D eigenvalue weighted by molar-refractivity contribution is 5.35. The average Bonchev–Trinajstić information content (AvgIpc) is 2.63. The van der Waals surface area contributed by atoms with Crippen molar-refractivity contribution >= 4 is 5.82 Å². The van der Waals surface area contributed by atoms with Gasteiger partial charge >= 0.3 is 0 Å². The van der Waals surface area contributed by atoms with Crippen LogP contribution in [0, 0.1) is 17.6 Å². The number of halogens is 2. The van der Waals surface area contributed by atoms with E-state index in [1.165, 1.54) is 0 Å². The minimum absolute atomic E-state index is 0.113. The van der Waals surface area contributed by atoms with Crippen molar-refractivity contribution in [3.63, 3.8) is 0 Å². The van der Waals surface area contributed by atoms with E-state index in [0.29, 0.717) is 12.5 Å². The van der Waals surface area contributed by atoms with E-state index in [0.717, 1.165) is 31.5 Å². The number of rotatable bonds is 3. The maximum Gasteiger partial charge on any atom is 0.168 e. The molecule has 1 aromatic rings. The topological polar surface area (TPSA) is 50.9 Å². The first-order chi connectivity index (χ1) is 7.65. The molecule has 1 heterocycles. The number of nitrogens with two attached hydrogens (primary N) is 1. The predicted molar refractivity (Wildman–Crippen MR) is 58.0 cm³/mol. The third-order valence-electron chi connectivity index (χ3n) is 2.95. The molecule has 1 aliphatic carbocycles. The highest BCUT2D eigenvalue weighted by Crippen LogP contribution is 2.24. The van der Waals surface area contributed by atoms with Gasteiger partial charge in [-0.3, -0.25) is 0 Å². The summed E-state index contributed by atoms with van der Waals surface area (Å²) in [5.74, 6) is -0.739. The van der Waals surface area contributed by atoms with Crippen LogP contribution in [0.5, 0.6) is 0 Å². The number of aromatic nitrogens is 1. The van der Waals surface area contributed by atoms with Crippen molar-refractivity contribution in [1.82, 2.24) is 4.98 Å². The molecule has 1 saturated carbocycles. The summed E-state index contributed by atoms with van der Waals surface area (Å²) < 4.78 is 25.8. The lowest BCUT2D eigenvalue weighted by Crippen LogP contribution is -2.18. The Balaban J connectivity index is 1.89. The minimum Gasteiger partial charge on any atom is -0.367 e. The third-order valence-corrected chi connectivity index (χ3v) is 2.95. The van der Waals surface area contributed by atoms with Crippen LogP contribution in [0.3, 0.4) is 0 Å². The van der Waals surface area contributed by atoms with E-state index < -0.39 is 11.6 Å². The quantitative estimate of drug-likeness (QED) is 0.829. The van der Waals surface area contributed by atoms with E-state index in [4.69, 9.17) is 5.73 Å². The first-order valence-electron chi connectivity index (χ1n) is 5.45. The molecule has 0 radical (unpaired) electrons. The Bertz CT molecular complexity index is 370. The van der Waals surface area contributed by atoms with E-state index >= 15 is 0 Å². The van der Waals surface area contributed by atoms with Crippen LogP contribution < -0.4 is 11.1 Å². The van der Waals surface area contributed by atoms with E-state index in [-0.39, 0.29) is 11.9 Å². The van der Waals surface area contributed by atoms with Crippen LogP contribution >= 0.6 is 0 Å². The minimum atomic E-state index is -0.661. The Kier molecular flexibility index (Phi) is 3.33. The fourth-order valence-corrected chi connectivity index (χ4v) is 2.08. The van der Waals surface area contributed by atoms with Gasteiger partial charge in [-0.15, -0.1) is 0 Å². The zero-order chi connectivity index (χ0) is 11.5. The molecule has 1 fully saturated rings. The summed E-state index contributed by atoms with van der Waals surface area (Å²) in [5, 5.41) is 2.89. The standard InChI is InChI=1S/C11H15F2N3/c12-8-4-10(13)11(16-6-8)15-5-7-1-2-9(14)3-7/h4,6-7,9H,1-3,5,14H2,(H,15,16). The first-order valence-corrected chi connectivity index (χ1v) is 5.45. The van der Waals surface area contributed by atoms with Gasteiger partial charge in [0, 0.05) is 18.7 Å². The molecule has 5 heteroatoms. The Morgan fingerprint density at radius 3 is 2.88 bits per heavy atom. The number of pyridine rings is 1. The van der Waals surface area contributed by atoms with Gasteiger partial charge in [-0.1, -0.05) is 0 Å². The van der Waals surface area contributed by atoms with Gasteiger partial charge in [0.1, 0.15) is 5.82 Å². The molecular formula is C11H15F2N3. The van der Waals surface area contributed by atoms with Gasteiger partial charge in [0.15, 0.2) is 11.6 Å². The van der Waals surface area contributed by atoms with Crippen LogP contribution in [0.1, 0.15) is 19.3 Å². The normalized spacial score (nSPS) is 24.7. The highest BCUT2D eigenvalue weighted by atomic mass is 19.1. The van der Waals surface area contributed by atoms with E-state index in [1.54, 1.807) is 0 Å². The predicted octanol–water partition coefficient (Wildman–Crippen LogP) is 1.90. The molecular weight excluding hydrogens is 212 g/mol.